The standard InChI is InChI=1S/C25H37ClN2O/c1-17(2)21-16-28(20-9-7-8-10-20)23(29)27-25(21,6)19-12-11-18(22(26)15-19)13-14-24(3,4)5/h11-12,15-17,20H,7-10,13-14H2,1-6H3,(H,27,29)/t25-/m0/s1. The van der Waals surface area contributed by atoms with Crippen molar-refractivity contribution in [1.29, 1.82) is 0 Å². The van der Waals surface area contributed by atoms with Gasteiger partial charge in [-0.3, -0.25) is 4.90 Å². The van der Waals surface area contributed by atoms with Gasteiger partial charge in [0, 0.05) is 17.3 Å². The fourth-order valence-electron chi connectivity index (χ4n) is 4.68. The number of rotatable bonds is 5. The predicted molar refractivity (Wildman–Crippen MR) is 122 cm³/mol. The van der Waals surface area contributed by atoms with E-state index in [1.165, 1.54) is 24.0 Å². The lowest BCUT2D eigenvalue weighted by Gasteiger charge is -2.44. The quantitative estimate of drug-likeness (QED) is 0.548. The topological polar surface area (TPSA) is 32.3 Å². The van der Waals surface area contributed by atoms with Crippen molar-refractivity contribution in [3.05, 3.63) is 46.1 Å². The molecule has 3 nitrogen and oxygen atoms in total. The molecule has 1 aromatic rings. The largest absolute Gasteiger partial charge is 0.325 e. The van der Waals surface area contributed by atoms with Crippen molar-refractivity contribution in [3.8, 4) is 0 Å². The minimum atomic E-state index is -0.535. The van der Waals surface area contributed by atoms with E-state index in [4.69, 9.17) is 11.6 Å². The van der Waals surface area contributed by atoms with Crippen LogP contribution in [0.1, 0.15) is 84.8 Å². The molecular weight excluding hydrogens is 380 g/mol. The van der Waals surface area contributed by atoms with Crippen LogP contribution in [0.5, 0.6) is 0 Å². The van der Waals surface area contributed by atoms with Crippen LogP contribution in [0.4, 0.5) is 4.79 Å². The summed E-state index contributed by atoms with van der Waals surface area (Å²) >= 11 is 6.69. The summed E-state index contributed by atoms with van der Waals surface area (Å²) in [5.41, 5.74) is 3.22. The molecule has 160 valence electrons. The first-order valence-electron chi connectivity index (χ1n) is 11.1. The Hall–Kier alpha value is -1.48. The summed E-state index contributed by atoms with van der Waals surface area (Å²) in [4.78, 5) is 15.0. The maximum atomic E-state index is 13.0. The molecule has 0 radical (unpaired) electrons. The second-order valence-corrected chi connectivity index (χ2v) is 10.9. The van der Waals surface area contributed by atoms with Crippen molar-refractivity contribution in [2.75, 3.05) is 0 Å². The van der Waals surface area contributed by atoms with Crippen molar-refractivity contribution in [2.24, 2.45) is 11.3 Å². The van der Waals surface area contributed by atoms with Crippen LogP contribution in [0.25, 0.3) is 0 Å². The van der Waals surface area contributed by atoms with Crippen LogP contribution in [0.3, 0.4) is 0 Å². The maximum absolute atomic E-state index is 13.0. The zero-order valence-corrected chi connectivity index (χ0v) is 19.7. The van der Waals surface area contributed by atoms with Gasteiger partial charge in [-0.2, -0.15) is 0 Å². The monoisotopic (exact) mass is 416 g/mol. The van der Waals surface area contributed by atoms with E-state index in [-0.39, 0.29) is 11.4 Å². The number of aryl methyl sites for hydroxylation is 1. The molecule has 1 fully saturated rings. The van der Waals surface area contributed by atoms with Crippen molar-refractivity contribution in [1.82, 2.24) is 10.2 Å². The molecule has 0 saturated heterocycles. The summed E-state index contributed by atoms with van der Waals surface area (Å²) in [5.74, 6) is 0.323. The molecule has 0 spiro atoms. The van der Waals surface area contributed by atoms with Crippen LogP contribution in [0, 0.1) is 11.3 Å². The maximum Gasteiger partial charge on any atom is 0.322 e. The molecule has 2 amide bonds. The SMILES string of the molecule is CC(C)C1=CN(C2CCCC2)C(=O)N[C@@]1(C)c1ccc(CCC(C)(C)C)c(Cl)c1. The fraction of sp³-hybridized carbons (Fsp3) is 0.640. The second kappa shape index (κ2) is 8.34. The highest BCUT2D eigenvalue weighted by molar-refractivity contribution is 6.31. The molecule has 2 aliphatic rings. The Labute approximate surface area is 181 Å². The number of nitrogens with one attached hydrogen (secondary N) is 1. The van der Waals surface area contributed by atoms with E-state index in [1.54, 1.807) is 0 Å². The van der Waals surface area contributed by atoms with Crippen molar-refractivity contribution in [2.45, 2.75) is 91.6 Å². The molecule has 3 rings (SSSR count). The lowest BCUT2D eigenvalue weighted by molar-refractivity contribution is 0.178. The molecule has 1 aliphatic heterocycles. The van der Waals surface area contributed by atoms with Gasteiger partial charge in [0.05, 0.1) is 5.54 Å². The molecule has 0 bridgehead atoms. The molecule has 0 aromatic heterocycles. The number of halogens is 1. The number of nitrogens with zero attached hydrogens (tertiary/aromatic N) is 1. The van der Waals surface area contributed by atoms with E-state index in [0.717, 1.165) is 36.3 Å². The van der Waals surface area contributed by atoms with E-state index < -0.39 is 5.54 Å². The number of hydrogen-bond donors (Lipinski definition) is 1. The third-order valence-corrected chi connectivity index (χ3v) is 6.91. The Balaban J connectivity index is 1.92. The lowest BCUT2D eigenvalue weighted by atomic mass is 9.77. The van der Waals surface area contributed by atoms with Gasteiger partial charge >= 0.3 is 6.03 Å². The lowest BCUT2D eigenvalue weighted by Crippen LogP contribution is -2.56. The summed E-state index contributed by atoms with van der Waals surface area (Å²) in [5, 5.41) is 4.13. The first kappa shape index (κ1) is 22.2. The average molecular weight is 417 g/mol. The van der Waals surface area contributed by atoms with Gasteiger partial charge in [0.1, 0.15) is 0 Å². The van der Waals surface area contributed by atoms with Crippen molar-refractivity contribution in [3.63, 3.8) is 0 Å². The average Bonchev–Trinajstić information content (AvgIpc) is 3.13. The van der Waals surface area contributed by atoms with Gasteiger partial charge in [-0.1, -0.05) is 71.2 Å². The number of amides is 2. The summed E-state index contributed by atoms with van der Waals surface area (Å²) < 4.78 is 0. The summed E-state index contributed by atoms with van der Waals surface area (Å²) in [6, 6.07) is 6.68. The van der Waals surface area contributed by atoms with Crippen LogP contribution >= 0.6 is 11.6 Å². The number of benzene rings is 1. The normalized spacial score (nSPS) is 23.5. The molecule has 1 aliphatic carbocycles. The zero-order valence-electron chi connectivity index (χ0n) is 18.9. The zero-order chi connectivity index (χ0) is 21.4. The highest BCUT2D eigenvalue weighted by atomic mass is 35.5. The van der Waals surface area contributed by atoms with Crippen molar-refractivity contribution >= 4 is 17.6 Å². The van der Waals surface area contributed by atoms with E-state index in [9.17, 15) is 4.79 Å². The predicted octanol–water partition coefficient (Wildman–Crippen LogP) is 7.04. The Morgan fingerprint density at radius 2 is 1.90 bits per heavy atom. The molecule has 1 atom stereocenters. The first-order chi connectivity index (χ1) is 13.5. The van der Waals surface area contributed by atoms with Gasteiger partial charge in [0.25, 0.3) is 0 Å². The molecule has 1 N–H and O–H groups in total. The molecular formula is C25H37ClN2O. The van der Waals surface area contributed by atoms with Crippen LogP contribution in [0.15, 0.2) is 30.0 Å². The van der Waals surface area contributed by atoms with E-state index in [1.807, 2.05) is 4.90 Å². The van der Waals surface area contributed by atoms with E-state index >= 15 is 0 Å². The third kappa shape index (κ3) is 4.82. The Morgan fingerprint density at radius 3 is 2.45 bits per heavy atom. The second-order valence-electron chi connectivity index (χ2n) is 10.5. The minimum Gasteiger partial charge on any atom is -0.325 e. The molecule has 0 unspecified atom stereocenters. The van der Waals surface area contributed by atoms with E-state index in [0.29, 0.717) is 12.0 Å². The van der Waals surface area contributed by atoms with Gasteiger partial charge in [-0.25, -0.2) is 4.79 Å². The molecule has 1 aromatic carbocycles. The highest BCUT2D eigenvalue weighted by Gasteiger charge is 2.41. The number of urea groups is 1. The molecule has 1 heterocycles. The Morgan fingerprint density at radius 1 is 1.24 bits per heavy atom. The van der Waals surface area contributed by atoms with Gasteiger partial charge in [0.2, 0.25) is 0 Å². The minimum absolute atomic E-state index is 0.0109. The van der Waals surface area contributed by atoms with Crippen LogP contribution in [-0.4, -0.2) is 17.0 Å². The number of carbonyl (C=O) groups excluding carboxylic acids is 1. The smallest absolute Gasteiger partial charge is 0.322 e. The van der Waals surface area contributed by atoms with Crippen LogP contribution in [-0.2, 0) is 12.0 Å². The van der Waals surface area contributed by atoms with Gasteiger partial charge in [0.15, 0.2) is 0 Å². The first-order valence-corrected chi connectivity index (χ1v) is 11.5. The third-order valence-electron chi connectivity index (χ3n) is 6.56. The summed E-state index contributed by atoms with van der Waals surface area (Å²) in [6.45, 7) is 13.3. The molecule has 4 heteroatoms. The Kier molecular flexibility index (Phi) is 6.38. The molecule has 29 heavy (non-hydrogen) atoms. The number of carbonyl (C=O) groups is 1. The van der Waals surface area contributed by atoms with Gasteiger partial charge in [-0.15, -0.1) is 0 Å². The fourth-order valence-corrected chi connectivity index (χ4v) is 4.95. The van der Waals surface area contributed by atoms with Crippen molar-refractivity contribution < 1.29 is 4.79 Å². The van der Waals surface area contributed by atoms with Gasteiger partial charge in [-0.05, 0) is 66.7 Å². The van der Waals surface area contributed by atoms with Gasteiger partial charge < -0.3 is 5.32 Å². The summed E-state index contributed by atoms with van der Waals surface area (Å²) in [7, 11) is 0. The number of hydrogen-bond acceptors (Lipinski definition) is 1. The van der Waals surface area contributed by atoms with Crippen LogP contribution < -0.4 is 5.32 Å². The van der Waals surface area contributed by atoms with E-state index in [2.05, 4.69) is 71.3 Å². The molecule has 1 saturated carbocycles. The Bertz CT molecular complexity index is 787. The van der Waals surface area contributed by atoms with Crippen LogP contribution in [0.2, 0.25) is 5.02 Å². The highest BCUT2D eigenvalue weighted by Crippen LogP contribution is 2.40. The summed E-state index contributed by atoms with van der Waals surface area (Å²) in [6.07, 6.45) is 8.80.